The number of hydrogen-bond acceptors (Lipinski definition) is 5. The van der Waals surface area contributed by atoms with Gasteiger partial charge < -0.3 is 13.9 Å². The van der Waals surface area contributed by atoms with Crippen LogP contribution in [-0.2, 0) is 5.41 Å². The van der Waals surface area contributed by atoms with Gasteiger partial charge in [-0.3, -0.25) is 4.79 Å². The minimum absolute atomic E-state index is 0.0291. The molecule has 0 saturated heterocycles. The molecule has 162 valence electrons. The number of carbonyl (C=O) groups excluding carboxylic acids is 1. The van der Waals surface area contributed by atoms with Gasteiger partial charge in [0.15, 0.2) is 5.76 Å². The van der Waals surface area contributed by atoms with Gasteiger partial charge in [-0.15, -0.1) is 0 Å². The van der Waals surface area contributed by atoms with E-state index in [2.05, 4.69) is 20.8 Å². The Bertz CT molecular complexity index is 1330. The van der Waals surface area contributed by atoms with Crippen molar-refractivity contribution in [2.24, 2.45) is 0 Å². The highest BCUT2D eigenvalue weighted by molar-refractivity contribution is 5.84. The molecule has 0 radical (unpaired) electrons. The normalized spacial score (nSPS) is 11.4. The Morgan fingerprint density at radius 2 is 1.56 bits per heavy atom. The first kappa shape index (κ1) is 21.4. The summed E-state index contributed by atoms with van der Waals surface area (Å²) >= 11 is 0. The summed E-state index contributed by atoms with van der Waals surface area (Å²) in [6.07, 6.45) is -1.01. The summed E-state index contributed by atoms with van der Waals surface area (Å²) in [5, 5.41) is 0.327. The Balaban J connectivity index is 1.81. The predicted octanol–water partition coefficient (Wildman–Crippen LogP) is 6.64. The lowest BCUT2D eigenvalue weighted by Gasteiger charge is -2.19. The SMILES string of the molecule is Cc1ccc2c(=O)c(OC(=O)Oc3ccccc3)c(-c3ccc(C(C)(C)C)cc3)oc2c1. The third-order valence-corrected chi connectivity index (χ3v) is 5.15. The van der Waals surface area contributed by atoms with Crippen molar-refractivity contribution >= 4 is 17.1 Å². The average Bonchev–Trinajstić information content (AvgIpc) is 2.75. The highest BCUT2D eigenvalue weighted by atomic mass is 16.7. The minimum atomic E-state index is -1.01. The summed E-state index contributed by atoms with van der Waals surface area (Å²) in [4.78, 5) is 25.7. The minimum Gasteiger partial charge on any atom is -0.452 e. The van der Waals surface area contributed by atoms with Crippen LogP contribution in [0.25, 0.3) is 22.3 Å². The molecule has 0 N–H and O–H groups in total. The topological polar surface area (TPSA) is 65.7 Å². The molecule has 0 saturated carbocycles. The lowest BCUT2D eigenvalue weighted by Crippen LogP contribution is -2.19. The first-order chi connectivity index (χ1) is 15.2. The fraction of sp³-hybridized carbons (Fsp3) is 0.185. The van der Waals surface area contributed by atoms with Crippen LogP contribution in [0.1, 0.15) is 31.9 Å². The van der Waals surface area contributed by atoms with E-state index in [0.717, 1.165) is 11.1 Å². The lowest BCUT2D eigenvalue weighted by atomic mass is 9.86. The summed E-state index contributed by atoms with van der Waals surface area (Å²) in [5.41, 5.74) is 2.66. The third kappa shape index (κ3) is 4.42. The molecule has 0 atom stereocenters. The maximum Gasteiger partial charge on any atom is 0.519 e. The lowest BCUT2D eigenvalue weighted by molar-refractivity contribution is 0.151. The molecule has 0 fully saturated rings. The molecule has 4 aromatic rings. The van der Waals surface area contributed by atoms with E-state index in [-0.39, 0.29) is 16.9 Å². The van der Waals surface area contributed by atoms with Gasteiger partial charge in [0.25, 0.3) is 0 Å². The number of ether oxygens (including phenoxy) is 2. The fourth-order valence-corrected chi connectivity index (χ4v) is 3.38. The first-order valence-electron chi connectivity index (χ1n) is 10.4. The molecule has 0 spiro atoms. The van der Waals surface area contributed by atoms with Crippen molar-refractivity contribution in [2.45, 2.75) is 33.1 Å². The van der Waals surface area contributed by atoms with E-state index in [9.17, 15) is 9.59 Å². The van der Waals surface area contributed by atoms with Crippen molar-refractivity contribution in [3.63, 3.8) is 0 Å². The molecule has 1 heterocycles. The van der Waals surface area contributed by atoms with Crippen LogP contribution in [0.3, 0.4) is 0 Å². The Labute approximate surface area is 186 Å². The molecule has 0 amide bonds. The summed E-state index contributed by atoms with van der Waals surface area (Å²) < 4.78 is 16.7. The Hall–Kier alpha value is -3.86. The molecule has 3 aromatic carbocycles. The van der Waals surface area contributed by atoms with Crippen molar-refractivity contribution < 1.29 is 18.7 Å². The molecule has 0 bridgehead atoms. The van der Waals surface area contributed by atoms with Crippen LogP contribution in [0.4, 0.5) is 4.79 Å². The summed E-state index contributed by atoms with van der Waals surface area (Å²) in [6.45, 7) is 8.28. The second-order valence-corrected chi connectivity index (χ2v) is 8.68. The van der Waals surface area contributed by atoms with E-state index in [1.807, 2.05) is 37.3 Å². The van der Waals surface area contributed by atoms with Gasteiger partial charge in [-0.1, -0.05) is 69.3 Å². The number of para-hydroxylation sites is 1. The number of aryl methyl sites for hydroxylation is 1. The van der Waals surface area contributed by atoms with Gasteiger partial charge in [0.05, 0.1) is 5.39 Å². The van der Waals surface area contributed by atoms with E-state index in [0.29, 0.717) is 22.3 Å². The molecule has 0 unspecified atom stereocenters. The zero-order valence-corrected chi connectivity index (χ0v) is 18.5. The van der Waals surface area contributed by atoms with E-state index < -0.39 is 11.6 Å². The van der Waals surface area contributed by atoms with Crippen molar-refractivity contribution in [2.75, 3.05) is 0 Å². The van der Waals surface area contributed by atoms with Crippen LogP contribution < -0.4 is 14.9 Å². The van der Waals surface area contributed by atoms with Crippen LogP contribution in [-0.4, -0.2) is 6.16 Å². The molecule has 0 aliphatic rings. The number of rotatable bonds is 3. The van der Waals surface area contributed by atoms with Crippen LogP contribution >= 0.6 is 0 Å². The molecular formula is C27H24O5. The van der Waals surface area contributed by atoms with Gasteiger partial charge in [0.2, 0.25) is 11.2 Å². The molecule has 0 aliphatic heterocycles. The van der Waals surface area contributed by atoms with Crippen molar-refractivity contribution in [3.05, 3.63) is 94.1 Å². The van der Waals surface area contributed by atoms with Gasteiger partial charge in [-0.25, -0.2) is 4.79 Å². The summed E-state index contributed by atoms with van der Waals surface area (Å²) in [5.74, 6) is 0.291. The van der Waals surface area contributed by atoms with E-state index in [1.54, 1.807) is 42.5 Å². The van der Waals surface area contributed by atoms with Gasteiger partial charge in [-0.2, -0.15) is 0 Å². The van der Waals surface area contributed by atoms with Crippen LogP contribution in [0, 0.1) is 6.92 Å². The monoisotopic (exact) mass is 428 g/mol. The standard InChI is InChI=1S/C27H24O5/c1-17-10-15-21-22(16-17)31-24(18-11-13-19(14-12-18)27(2,3)4)25(23(21)28)32-26(29)30-20-8-6-5-7-9-20/h5-16H,1-4H3. The number of carbonyl (C=O) groups is 1. The first-order valence-corrected chi connectivity index (χ1v) is 10.4. The molecule has 32 heavy (non-hydrogen) atoms. The predicted molar refractivity (Wildman–Crippen MR) is 124 cm³/mol. The zero-order chi connectivity index (χ0) is 22.9. The quantitative estimate of drug-likeness (QED) is 0.270. The highest BCUT2D eigenvalue weighted by Crippen LogP contribution is 2.33. The third-order valence-electron chi connectivity index (χ3n) is 5.15. The second kappa shape index (κ2) is 8.35. The van der Waals surface area contributed by atoms with E-state index in [1.165, 1.54) is 0 Å². The van der Waals surface area contributed by atoms with Gasteiger partial charge in [0.1, 0.15) is 11.3 Å². The summed E-state index contributed by atoms with van der Waals surface area (Å²) in [6, 6.07) is 21.4. The van der Waals surface area contributed by atoms with Gasteiger partial charge in [-0.05, 0) is 47.7 Å². The zero-order valence-electron chi connectivity index (χ0n) is 18.5. The van der Waals surface area contributed by atoms with E-state index >= 15 is 0 Å². The number of benzene rings is 3. The van der Waals surface area contributed by atoms with Crippen LogP contribution in [0.15, 0.2) is 82.0 Å². The smallest absolute Gasteiger partial charge is 0.452 e. The Morgan fingerprint density at radius 3 is 2.22 bits per heavy atom. The molecule has 5 heteroatoms. The average molecular weight is 428 g/mol. The van der Waals surface area contributed by atoms with Crippen LogP contribution in [0.2, 0.25) is 0 Å². The largest absolute Gasteiger partial charge is 0.519 e. The van der Waals surface area contributed by atoms with Gasteiger partial charge in [0, 0.05) is 5.56 Å². The summed E-state index contributed by atoms with van der Waals surface area (Å²) in [7, 11) is 0. The highest BCUT2D eigenvalue weighted by Gasteiger charge is 2.22. The second-order valence-electron chi connectivity index (χ2n) is 8.68. The molecule has 1 aromatic heterocycles. The maximum absolute atomic E-state index is 13.3. The Morgan fingerprint density at radius 1 is 0.875 bits per heavy atom. The molecule has 5 nitrogen and oxygen atoms in total. The fourth-order valence-electron chi connectivity index (χ4n) is 3.38. The molecular weight excluding hydrogens is 404 g/mol. The molecule has 4 rings (SSSR count). The van der Waals surface area contributed by atoms with Crippen LogP contribution in [0.5, 0.6) is 11.5 Å². The Kier molecular flexibility index (Phi) is 5.57. The van der Waals surface area contributed by atoms with E-state index in [4.69, 9.17) is 13.9 Å². The maximum atomic E-state index is 13.3. The van der Waals surface area contributed by atoms with Crippen molar-refractivity contribution in [1.29, 1.82) is 0 Å². The van der Waals surface area contributed by atoms with Gasteiger partial charge >= 0.3 is 6.16 Å². The van der Waals surface area contributed by atoms with Crippen molar-refractivity contribution in [1.82, 2.24) is 0 Å². The molecule has 0 aliphatic carbocycles. The van der Waals surface area contributed by atoms with Crippen molar-refractivity contribution in [3.8, 4) is 22.8 Å². The number of hydrogen-bond donors (Lipinski definition) is 0. The number of fused-ring (bicyclic) bond motifs is 1.